The predicted octanol–water partition coefficient (Wildman–Crippen LogP) is 4.84. The van der Waals surface area contributed by atoms with Crippen LogP contribution in [0.25, 0.3) is 0 Å². The smallest absolute Gasteiger partial charge is 0.147 e. The fourth-order valence-electron chi connectivity index (χ4n) is 6.80. The maximum absolute atomic E-state index is 12.7. The quantitative estimate of drug-likeness (QED) is 0.271. The summed E-state index contributed by atoms with van der Waals surface area (Å²) in [5.74, 6) is 1.66. The van der Waals surface area contributed by atoms with E-state index in [0.717, 1.165) is 43.4 Å². The Balaban J connectivity index is 1.70. The van der Waals surface area contributed by atoms with Crippen molar-refractivity contribution in [3.63, 3.8) is 0 Å². The van der Waals surface area contributed by atoms with Crippen LogP contribution >= 0.6 is 0 Å². The molecule has 3 aliphatic rings. The molecule has 194 valence electrons. The maximum atomic E-state index is 12.7. The summed E-state index contributed by atoms with van der Waals surface area (Å²) in [4.78, 5) is 0. The fourth-order valence-corrected chi connectivity index (χ4v) is 6.80. The van der Waals surface area contributed by atoms with Gasteiger partial charge in [0.1, 0.15) is 30.7 Å². The van der Waals surface area contributed by atoms with Crippen LogP contribution in [0, 0.1) is 16.7 Å². The number of fused-ring (bicyclic) bond motifs is 2. The first-order valence-corrected chi connectivity index (χ1v) is 12.5. The zero-order chi connectivity index (χ0) is 25.1. The molecule has 0 amide bonds. The minimum Gasteiger partial charge on any atom is -0.497 e. The van der Waals surface area contributed by atoms with E-state index in [1.165, 1.54) is 0 Å². The van der Waals surface area contributed by atoms with E-state index in [9.17, 15) is 5.11 Å². The van der Waals surface area contributed by atoms with Gasteiger partial charge in [-0.3, -0.25) is 0 Å². The lowest BCUT2D eigenvalue weighted by Crippen LogP contribution is -2.57. The number of hydrogen-bond acceptors (Lipinski definition) is 7. The molecule has 2 bridgehead atoms. The molecule has 0 heterocycles. The Morgan fingerprint density at radius 1 is 0.971 bits per heavy atom. The van der Waals surface area contributed by atoms with Crippen LogP contribution in [0.15, 0.2) is 48.3 Å². The van der Waals surface area contributed by atoms with E-state index in [4.69, 9.17) is 28.4 Å². The molecular formula is C28H40O7. The highest BCUT2D eigenvalue weighted by molar-refractivity contribution is 5.41. The topological polar surface area (TPSA) is 75.6 Å². The second kappa shape index (κ2) is 10.6. The van der Waals surface area contributed by atoms with E-state index >= 15 is 0 Å². The highest BCUT2D eigenvalue weighted by Crippen LogP contribution is 2.73. The van der Waals surface area contributed by atoms with Gasteiger partial charge in [-0.1, -0.05) is 19.9 Å². The monoisotopic (exact) mass is 488 g/mol. The van der Waals surface area contributed by atoms with Crippen molar-refractivity contribution in [1.29, 1.82) is 0 Å². The zero-order valence-corrected chi connectivity index (χ0v) is 21.6. The van der Waals surface area contributed by atoms with Crippen LogP contribution in [0.5, 0.6) is 11.5 Å². The minimum atomic E-state index is -1.20. The molecule has 0 spiro atoms. The molecule has 3 aliphatic carbocycles. The van der Waals surface area contributed by atoms with Crippen LogP contribution in [0.1, 0.15) is 46.0 Å². The average molecular weight is 489 g/mol. The van der Waals surface area contributed by atoms with Gasteiger partial charge in [0.15, 0.2) is 0 Å². The van der Waals surface area contributed by atoms with Gasteiger partial charge in [-0.25, -0.2) is 0 Å². The van der Waals surface area contributed by atoms with Crippen molar-refractivity contribution in [2.45, 2.75) is 63.8 Å². The van der Waals surface area contributed by atoms with Gasteiger partial charge in [0, 0.05) is 19.6 Å². The third-order valence-electron chi connectivity index (χ3n) is 8.58. The molecule has 2 saturated carbocycles. The van der Waals surface area contributed by atoms with E-state index in [-0.39, 0.29) is 37.1 Å². The van der Waals surface area contributed by atoms with E-state index in [1.54, 1.807) is 27.6 Å². The van der Waals surface area contributed by atoms with Crippen molar-refractivity contribution in [1.82, 2.24) is 0 Å². The lowest BCUT2D eigenvalue weighted by molar-refractivity contribution is -0.174. The summed E-state index contributed by atoms with van der Waals surface area (Å²) in [6.07, 6.45) is 9.89. The molecule has 1 aromatic carbocycles. The molecule has 0 unspecified atom stereocenters. The number of aliphatic hydroxyl groups is 1. The molecule has 0 radical (unpaired) electrons. The van der Waals surface area contributed by atoms with Crippen molar-refractivity contribution in [2.24, 2.45) is 16.7 Å². The Morgan fingerprint density at radius 3 is 2.34 bits per heavy atom. The van der Waals surface area contributed by atoms with Gasteiger partial charge in [-0.05, 0) is 79.4 Å². The van der Waals surface area contributed by atoms with Crippen LogP contribution in [0.4, 0.5) is 0 Å². The molecule has 5 atom stereocenters. The molecule has 2 fully saturated rings. The molecule has 0 aromatic heterocycles. The Morgan fingerprint density at radius 2 is 1.66 bits per heavy atom. The Kier molecular flexibility index (Phi) is 7.93. The number of methoxy groups -OCH3 is 3. The van der Waals surface area contributed by atoms with Gasteiger partial charge in [-0.15, -0.1) is 0 Å². The molecule has 0 aliphatic heterocycles. The average Bonchev–Trinajstić information content (AvgIpc) is 3.20. The molecule has 35 heavy (non-hydrogen) atoms. The van der Waals surface area contributed by atoms with Gasteiger partial charge < -0.3 is 33.5 Å². The Labute approximate surface area is 209 Å². The first kappa shape index (κ1) is 26.2. The van der Waals surface area contributed by atoms with Crippen molar-refractivity contribution in [2.75, 3.05) is 34.9 Å². The summed E-state index contributed by atoms with van der Waals surface area (Å²) in [5.41, 5.74) is -1.01. The first-order chi connectivity index (χ1) is 16.8. The van der Waals surface area contributed by atoms with E-state index < -0.39 is 11.0 Å². The largest absolute Gasteiger partial charge is 0.497 e. The van der Waals surface area contributed by atoms with Crippen LogP contribution in [-0.2, 0) is 18.9 Å². The lowest BCUT2D eigenvalue weighted by atomic mass is 9.59. The standard InChI is InChI=1S/C28H40O7/c1-26(2)24-13-14-27(26,15-16-33-22-11-9-21(32-5)10-12-22)28(29,25(24)35-19-31-4)20-7-6-8-23(17-20)34-18-30-3/h9-12,15-17,23-25,29H,6-8,13-14,18-19H2,1-5H3/b16-15-/t23-,24+,25+,27-,28+/m0/s1. The van der Waals surface area contributed by atoms with Crippen LogP contribution < -0.4 is 9.47 Å². The number of rotatable bonds is 11. The lowest BCUT2D eigenvalue weighted by Gasteiger charge is -2.50. The van der Waals surface area contributed by atoms with Gasteiger partial charge in [0.25, 0.3) is 0 Å². The van der Waals surface area contributed by atoms with Crippen molar-refractivity contribution in [3.05, 3.63) is 48.3 Å². The summed E-state index contributed by atoms with van der Waals surface area (Å²) in [6, 6.07) is 7.47. The Bertz CT molecular complexity index is 908. The van der Waals surface area contributed by atoms with Crippen LogP contribution in [0.2, 0.25) is 0 Å². The highest BCUT2D eigenvalue weighted by Gasteiger charge is 2.76. The second-order valence-electron chi connectivity index (χ2n) is 10.4. The van der Waals surface area contributed by atoms with Gasteiger partial charge in [0.2, 0.25) is 0 Å². The molecule has 0 saturated heterocycles. The number of benzene rings is 1. The van der Waals surface area contributed by atoms with Gasteiger partial charge in [-0.2, -0.15) is 0 Å². The Hall–Kier alpha value is -1.90. The van der Waals surface area contributed by atoms with Crippen molar-refractivity contribution < 1.29 is 33.5 Å². The highest BCUT2D eigenvalue weighted by atomic mass is 16.7. The summed E-state index contributed by atoms with van der Waals surface area (Å²) in [6.45, 7) is 4.85. The summed E-state index contributed by atoms with van der Waals surface area (Å²) < 4.78 is 33.8. The SMILES string of the molecule is COCO[C@@H]1C=C([C@@]2(O)[C@H](OCOC)[C@H]3CC[C@]2(/C=C\Oc2ccc(OC)cc2)C3(C)C)CCC1. The van der Waals surface area contributed by atoms with Gasteiger partial charge >= 0.3 is 0 Å². The first-order valence-electron chi connectivity index (χ1n) is 12.5. The van der Waals surface area contributed by atoms with Crippen LogP contribution in [0.3, 0.4) is 0 Å². The molecule has 7 heteroatoms. The molecule has 1 N–H and O–H groups in total. The number of hydrogen-bond donors (Lipinski definition) is 1. The molecule has 7 nitrogen and oxygen atoms in total. The summed E-state index contributed by atoms with van der Waals surface area (Å²) in [5, 5.41) is 12.7. The number of ether oxygens (including phenoxy) is 6. The van der Waals surface area contributed by atoms with Gasteiger partial charge in [0.05, 0.1) is 25.6 Å². The van der Waals surface area contributed by atoms with Crippen molar-refractivity contribution >= 4 is 0 Å². The van der Waals surface area contributed by atoms with Crippen molar-refractivity contribution in [3.8, 4) is 11.5 Å². The predicted molar refractivity (Wildman–Crippen MR) is 132 cm³/mol. The maximum Gasteiger partial charge on any atom is 0.147 e. The normalized spacial score (nSPS) is 33.8. The summed E-state index contributed by atoms with van der Waals surface area (Å²) in [7, 11) is 4.88. The fraction of sp³-hybridized carbons (Fsp3) is 0.643. The van der Waals surface area contributed by atoms with E-state index in [1.807, 2.05) is 24.3 Å². The third-order valence-corrected chi connectivity index (χ3v) is 8.58. The zero-order valence-electron chi connectivity index (χ0n) is 21.6. The molecule has 4 rings (SSSR count). The summed E-state index contributed by atoms with van der Waals surface area (Å²) >= 11 is 0. The van der Waals surface area contributed by atoms with E-state index in [0.29, 0.717) is 5.75 Å². The van der Waals surface area contributed by atoms with E-state index in [2.05, 4.69) is 26.0 Å². The molecule has 1 aromatic rings. The van der Waals surface area contributed by atoms with Crippen LogP contribution in [-0.4, -0.2) is 57.8 Å². The third kappa shape index (κ3) is 4.42. The second-order valence-corrected chi connectivity index (χ2v) is 10.4. The minimum absolute atomic E-state index is 0.0929. The molecular weight excluding hydrogens is 448 g/mol.